The van der Waals surface area contributed by atoms with Crippen LogP contribution in [0.15, 0.2) is 48.5 Å². The molecule has 0 saturated carbocycles. The number of halogens is 3. The molecule has 2 amide bonds. The third-order valence-electron chi connectivity index (χ3n) is 3.18. The van der Waals surface area contributed by atoms with Crippen molar-refractivity contribution < 1.29 is 32.2 Å². The van der Waals surface area contributed by atoms with Gasteiger partial charge in [-0.2, -0.15) is 0 Å². The summed E-state index contributed by atoms with van der Waals surface area (Å²) >= 11 is 0. The number of anilines is 1. The van der Waals surface area contributed by atoms with E-state index in [1.807, 2.05) is 0 Å². The summed E-state index contributed by atoms with van der Waals surface area (Å²) in [5.41, 5.74) is 0.725. The first-order chi connectivity index (χ1) is 12.3. The van der Waals surface area contributed by atoms with Gasteiger partial charge >= 0.3 is 18.4 Å². The molecule has 2 rings (SSSR count). The van der Waals surface area contributed by atoms with E-state index in [2.05, 4.69) is 20.1 Å². The lowest BCUT2D eigenvalue weighted by Crippen LogP contribution is -2.29. The average Bonchev–Trinajstić information content (AvgIpc) is 2.59. The predicted molar refractivity (Wildman–Crippen MR) is 86.8 cm³/mol. The zero-order valence-corrected chi connectivity index (χ0v) is 13.6. The molecule has 2 aromatic carbocycles. The second-order valence-electron chi connectivity index (χ2n) is 5.04. The molecule has 0 aliphatic heterocycles. The second kappa shape index (κ2) is 8.24. The molecule has 0 radical (unpaired) electrons. The summed E-state index contributed by atoms with van der Waals surface area (Å²) in [5.74, 6) is -0.958. The Morgan fingerprint density at radius 2 is 1.81 bits per heavy atom. The Bertz CT molecular complexity index is 794. The van der Waals surface area contributed by atoms with Crippen molar-refractivity contribution in [1.29, 1.82) is 0 Å². The van der Waals surface area contributed by atoms with Gasteiger partial charge in [-0.25, -0.2) is 9.59 Å². The van der Waals surface area contributed by atoms with E-state index in [1.54, 1.807) is 12.1 Å². The van der Waals surface area contributed by atoms with Gasteiger partial charge in [-0.15, -0.1) is 13.2 Å². The summed E-state index contributed by atoms with van der Waals surface area (Å²) < 4.78 is 45.6. The Morgan fingerprint density at radius 1 is 1.08 bits per heavy atom. The van der Waals surface area contributed by atoms with Gasteiger partial charge in [0.15, 0.2) is 0 Å². The van der Waals surface area contributed by atoms with Crippen molar-refractivity contribution in [2.45, 2.75) is 12.9 Å². The van der Waals surface area contributed by atoms with Crippen LogP contribution in [0.4, 0.5) is 23.7 Å². The molecule has 0 aliphatic carbocycles. The summed E-state index contributed by atoms with van der Waals surface area (Å²) in [6, 6.07) is 10.8. The molecule has 138 valence electrons. The third kappa shape index (κ3) is 5.69. The molecule has 0 atom stereocenters. The van der Waals surface area contributed by atoms with Crippen LogP contribution in [0.2, 0.25) is 0 Å². The van der Waals surface area contributed by atoms with Crippen molar-refractivity contribution in [2.24, 2.45) is 0 Å². The number of hydrogen-bond acceptors (Lipinski definition) is 4. The molecular weight excluding hydrogens is 353 g/mol. The van der Waals surface area contributed by atoms with Gasteiger partial charge < -0.3 is 20.1 Å². The summed E-state index contributed by atoms with van der Waals surface area (Å²) in [6.07, 6.45) is -4.83. The highest BCUT2D eigenvalue weighted by Crippen LogP contribution is 2.26. The van der Waals surface area contributed by atoms with Crippen LogP contribution in [0.25, 0.3) is 0 Å². The number of amides is 2. The van der Waals surface area contributed by atoms with E-state index in [0.29, 0.717) is 5.69 Å². The number of methoxy groups -OCH3 is 1. The standard InChI is InChI=1S/C17H15F3N2O4/c1-25-15(23)11-6-4-7-13(9-11)22-16(24)21-10-12-5-2-3-8-14(12)26-17(18,19)20/h2-9H,10H2,1H3,(H2,21,22,24). The number of alkyl halides is 3. The lowest BCUT2D eigenvalue weighted by atomic mass is 10.2. The molecule has 0 aromatic heterocycles. The van der Waals surface area contributed by atoms with Crippen molar-refractivity contribution in [3.63, 3.8) is 0 Å². The SMILES string of the molecule is COC(=O)c1cccc(NC(=O)NCc2ccccc2OC(F)(F)F)c1. The van der Waals surface area contributed by atoms with Crippen molar-refractivity contribution in [2.75, 3.05) is 12.4 Å². The van der Waals surface area contributed by atoms with Crippen molar-refractivity contribution in [3.05, 3.63) is 59.7 Å². The first-order valence-corrected chi connectivity index (χ1v) is 7.35. The molecule has 6 nitrogen and oxygen atoms in total. The van der Waals surface area contributed by atoms with Crippen molar-refractivity contribution in [1.82, 2.24) is 5.32 Å². The third-order valence-corrected chi connectivity index (χ3v) is 3.18. The van der Waals surface area contributed by atoms with E-state index in [0.717, 1.165) is 6.07 Å². The van der Waals surface area contributed by atoms with Crippen LogP contribution >= 0.6 is 0 Å². The fourth-order valence-electron chi connectivity index (χ4n) is 2.07. The van der Waals surface area contributed by atoms with Gasteiger partial charge in [-0.1, -0.05) is 24.3 Å². The Morgan fingerprint density at radius 3 is 2.50 bits per heavy atom. The Balaban J connectivity index is 1.99. The molecule has 0 aliphatic rings. The minimum Gasteiger partial charge on any atom is -0.465 e. The van der Waals surface area contributed by atoms with E-state index in [4.69, 9.17) is 0 Å². The van der Waals surface area contributed by atoms with Gasteiger partial charge in [-0.3, -0.25) is 0 Å². The topological polar surface area (TPSA) is 76.7 Å². The van der Waals surface area contributed by atoms with Crippen LogP contribution in [0.3, 0.4) is 0 Å². The molecule has 26 heavy (non-hydrogen) atoms. The first kappa shape index (κ1) is 19.1. The molecule has 0 spiro atoms. The van der Waals surface area contributed by atoms with Gasteiger partial charge in [0, 0.05) is 17.8 Å². The number of para-hydroxylation sites is 1. The van der Waals surface area contributed by atoms with Crippen LogP contribution in [-0.2, 0) is 11.3 Å². The van der Waals surface area contributed by atoms with Crippen LogP contribution in [-0.4, -0.2) is 25.5 Å². The van der Waals surface area contributed by atoms with Gasteiger partial charge in [0.1, 0.15) is 5.75 Å². The van der Waals surface area contributed by atoms with E-state index in [1.165, 1.54) is 37.4 Å². The Kier molecular flexibility index (Phi) is 6.05. The Labute approximate surface area is 146 Å². The van der Waals surface area contributed by atoms with E-state index >= 15 is 0 Å². The van der Waals surface area contributed by atoms with Crippen molar-refractivity contribution in [3.8, 4) is 5.75 Å². The molecule has 0 bridgehead atoms. The maximum absolute atomic E-state index is 12.4. The lowest BCUT2D eigenvalue weighted by molar-refractivity contribution is -0.274. The number of rotatable bonds is 5. The van der Waals surface area contributed by atoms with E-state index in [9.17, 15) is 22.8 Å². The monoisotopic (exact) mass is 368 g/mol. The highest BCUT2D eigenvalue weighted by Gasteiger charge is 2.31. The zero-order chi connectivity index (χ0) is 19.2. The van der Waals surface area contributed by atoms with Crippen LogP contribution in [0.5, 0.6) is 5.75 Å². The summed E-state index contributed by atoms with van der Waals surface area (Å²) in [7, 11) is 1.23. The van der Waals surface area contributed by atoms with E-state index < -0.39 is 24.1 Å². The smallest absolute Gasteiger partial charge is 0.465 e. The van der Waals surface area contributed by atoms with Crippen molar-refractivity contribution >= 4 is 17.7 Å². The molecular formula is C17H15F3N2O4. The maximum atomic E-state index is 12.4. The fraction of sp³-hybridized carbons (Fsp3) is 0.176. The largest absolute Gasteiger partial charge is 0.573 e. The normalized spacial score (nSPS) is 10.8. The maximum Gasteiger partial charge on any atom is 0.573 e. The van der Waals surface area contributed by atoms with Gasteiger partial charge in [-0.05, 0) is 24.3 Å². The minimum atomic E-state index is -4.83. The molecule has 0 heterocycles. The highest BCUT2D eigenvalue weighted by molar-refractivity contribution is 5.93. The number of hydrogen-bond donors (Lipinski definition) is 2. The Hall–Kier alpha value is -3.23. The molecule has 0 fully saturated rings. The predicted octanol–water partition coefficient (Wildman–Crippen LogP) is 3.69. The van der Waals surface area contributed by atoms with Crippen LogP contribution in [0, 0.1) is 0 Å². The number of urea groups is 1. The number of ether oxygens (including phenoxy) is 2. The number of nitrogens with one attached hydrogen (secondary N) is 2. The highest BCUT2D eigenvalue weighted by atomic mass is 19.4. The zero-order valence-electron chi connectivity index (χ0n) is 13.6. The average molecular weight is 368 g/mol. The number of carbonyl (C=O) groups is 2. The molecule has 9 heteroatoms. The fourth-order valence-corrected chi connectivity index (χ4v) is 2.07. The minimum absolute atomic E-state index is 0.156. The molecule has 2 N–H and O–H groups in total. The van der Waals surface area contributed by atoms with E-state index in [-0.39, 0.29) is 17.7 Å². The molecule has 0 saturated heterocycles. The quantitative estimate of drug-likeness (QED) is 0.789. The molecule has 2 aromatic rings. The number of benzene rings is 2. The summed E-state index contributed by atoms with van der Waals surface area (Å²) in [6.45, 7) is -0.186. The lowest BCUT2D eigenvalue weighted by Gasteiger charge is -2.14. The van der Waals surface area contributed by atoms with Gasteiger partial charge in [0.05, 0.1) is 12.7 Å². The number of carbonyl (C=O) groups excluding carboxylic acids is 2. The van der Waals surface area contributed by atoms with Crippen LogP contribution in [0.1, 0.15) is 15.9 Å². The molecule has 0 unspecified atom stereocenters. The van der Waals surface area contributed by atoms with Crippen LogP contribution < -0.4 is 15.4 Å². The number of esters is 1. The first-order valence-electron chi connectivity index (χ1n) is 7.35. The summed E-state index contributed by atoms with van der Waals surface area (Å²) in [4.78, 5) is 23.4. The summed E-state index contributed by atoms with van der Waals surface area (Å²) in [5, 5.41) is 4.90. The van der Waals surface area contributed by atoms with Gasteiger partial charge in [0.2, 0.25) is 0 Å². The van der Waals surface area contributed by atoms with Gasteiger partial charge in [0.25, 0.3) is 0 Å². The second-order valence-corrected chi connectivity index (χ2v) is 5.04.